The van der Waals surface area contributed by atoms with Crippen molar-refractivity contribution in [3.8, 4) is 5.75 Å². The average molecular weight is 365 g/mol. The van der Waals surface area contributed by atoms with Crippen LogP contribution in [0.1, 0.15) is 30.4 Å². The Morgan fingerprint density at radius 3 is 2.33 bits per heavy atom. The molecule has 0 spiro atoms. The van der Waals surface area contributed by atoms with Crippen molar-refractivity contribution < 1.29 is 13.2 Å². The Bertz CT molecular complexity index is 906. The lowest BCUT2D eigenvalue weighted by Crippen LogP contribution is -2.11. The molecule has 0 saturated heterocycles. The van der Waals surface area contributed by atoms with E-state index in [2.05, 4.69) is 4.98 Å². The van der Waals surface area contributed by atoms with E-state index in [1.165, 1.54) is 23.3 Å². The number of aromatic nitrogens is 1. The first-order valence-electron chi connectivity index (χ1n) is 7.45. The number of ether oxygens (including phenoxy) is 1. The van der Waals surface area contributed by atoms with Crippen LogP contribution in [0.2, 0.25) is 5.15 Å². The van der Waals surface area contributed by atoms with Gasteiger partial charge in [0.05, 0.1) is 12.0 Å². The van der Waals surface area contributed by atoms with Crippen molar-refractivity contribution in [3.05, 3.63) is 52.8 Å². The quantitative estimate of drug-likeness (QED) is 0.842. The highest BCUT2D eigenvalue weighted by atomic mass is 35.5. The Morgan fingerprint density at radius 1 is 1.12 bits per heavy atom. The second-order valence-electron chi connectivity index (χ2n) is 5.60. The van der Waals surface area contributed by atoms with Crippen LogP contribution in [0.3, 0.4) is 0 Å². The number of hydrogen-bond donors (Lipinski definition) is 1. The van der Waals surface area contributed by atoms with E-state index in [-0.39, 0.29) is 4.90 Å². The van der Waals surface area contributed by atoms with E-state index in [1.54, 1.807) is 25.4 Å². The van der Waals surface area contributed by atoms with Crippen molar-refractivity contribution in [3.63, 3.8) is 0 Å². The maximum absolute atomic E-state index is 11.4. The topological polar surface area (TPSA) is 82.3 Å². The van der Waals surface area contributed by atoms with Gasteiger partial charge in [-0.1, -0.05) is 23.7 Å². The molecule has 0 atom stereocenters. The summed E-state index contributed by atoms with van der Waals surface area (Å²) in [6, 6.07) is 8.54. The molecule has 1 heterocycles. The number of hydrogen-bond acceptors (Lipinski definition) is 4. The van der Waals surface area contributed by atoms with Gasteiger partial charge in [0.1, 0.15) is 0 Å². The summed E-state index contributed by atoms with van der Waals surface area (Å²) >= 11 is 6.00. The second kappa shape index (κ2) is 6.55. The first-order chi connectivity index (χ1) is 11.4. The fraction of sp³-hybridized carbons (Fsp3) is 0.235. The SMILES string of the molecule is COc1cc(C2=C(c3ccc(S(N)(=O)=O)cc3)CCC2)cnc1Cl. The first kappa shape index (κ1) is 17.0. The third-order valence-corrected chi connectivity index (χ3v) is 5.34. The fourth-order valence-electron chi connectivity index (χ4n) is 2.96. The first-order valence-corrected chi connectivity index (χ1v) is 9.38. The summed E-state index contributed by atoms with van der Waals surface area (Å²) in [5.41, 5.74) is 4.33. The van der Waals surface area contributed by atoms with Crippen LogP contribution in [0.25, 0.3) is 11.1 Å². The maximum atomic E-state index is 11.4. The molecule has 5 nitrogen and oxygen atoms in total. The summed E-state index contributed by atoms with van der Waals surface area (Å²) in [5, 5.41) is 5.48. The van der Waals surface area contributed by atoms with Crippen molar-refractivity contribution in [2.24, 2.45) is 5.14 Å². The number of halogens is 1. The summed E-state index contributed by atoms with van der Waals surface area (Å²) in [4.78, 5) is 4.29. The predicted molar refractivity (Wildman–Crippen MR) is 94.3 cm³/mol. The Kier molecular flexibility index (Phi) is 4.62. The van der Waals surface area contributed by atoms with E-state index >= 15 is 0 Å². The van der Waals surface area contributed by atoms with E-state index in [4.69, 9.17) is 21.5 Å². The van der Waals surface area contributed by atoms with Crippen molar-refractivity contribution in [2.75, 3.05) is 7.11 Å². The summed E-state index contributed by atoms with van der Waals surface area (Å²) < 4.78 is 28.0. The molecule has 0 saturated carbocycles. The summed E-state index contributed by atoms with van der Waals surface area (Å²) in [7, 11) is -2.12. The van der Waals surface area contributed by atoms with Gasteiger partial charge in [-0.05, 0) is 54.2 Å². The lowest BCUT2D eigenvalue weighted by molar-refractivity contribution is 0.413. The highest BCUT2D eigenvalue weighted by Gasteiger charge is 2.19. The average Bonchev–Trinajstić information content (AvgIpc) is 3.04. The van der Waals surface area contributed by atoms with Crippen molar-refractivity contribution >= 4 is 32.8 Å². The molecule has 0 amide bonds. The van der Waals surface area contributed by atoms with Gasteiger partial charge >= 0.3 is 0 Å². The summed E-state index contributed by atoms with van der Waals surface area (Å²) in [6.45, 7) is 0. The third kappa shape index (κ3) is 3.31. The molecule has 0 bridgehead atoms. The van der Waals surface area contributed by atoms with Gasteiger partial charge in [-0.15, -0.1) is 0 Å². The van der Waals surface area contributed by atoms with Gasteiger partial charge in [0.15, 0.2) is 10.9 Å². The second-order valence-corrected chi connectivity index (χ2v) is 7.52. The standard InChI is InChI=1S/C17H17ClN2O3S/c1-23-16-9-12(10-20-17(16)18)15-4-2-3-14(15)11-5-7-13(8-6-11)24(19,21)22/h5-10H,2-4H2,1H3,(H2,19,21,22). The van der Waals surface area contributed by atoms with Crippen molar-refractivity contribution in [1.82, 2.24) is 4.98 Å². The zero-order chi connectivity index (χ0) is 17.3. The molecule has 0 unspecified atom stereocenters. The number of sulfonamides is 1. The normalized spacial score (nSPS) is 15.0. The molecular weight excluding hydrogens is 348 g/mol. The van der Waals surface area contributed by atoms with Crippen molar-refractivity contribution in [1.29, 1.82) is 0 Å². The smallest absolute Gasteiger partial charge is 0.238 e. The number of allylic oxidation sites excluding steroid dienone is 2. The minimum Gasteiger partial charge on any atom is -0.494 e. The van der Waals surface area contributed by atoms with Gasteiger partial charge in [-0.25, -0.2) is 18.5 Å². The molecule has 1 aromatic carbocycles. The van der Waals surface area contributed by atoms with Gasteiger partial charge in [0, 0.05) is 11.8 Å². The summed E-state index contributed by atoms with van der Waals surface area (Å²) in [5.74, 6) is 0.539. The molecule has 7 heteroatoms. The van der Waals surface area contributed by atoms with Crippen LogP contribution in [0.4, 0.5) is 0 Å². The molecule has 24 heavy (non-hydrogen) atoms. The van der Waals surface area contributed by atoms with E-state index in [0.717, 1.165) is 30.4 Å². The Labute approximate surface area is 146 Å². The van der Waals surface area contributed by atoms with Crippen LogP contribution in [-0.2, 0) is 10.0 Å². The largest absolute Gasteiger partial charge is 0.494 e. The van der Waals surface area contributed by atoms with Crippen LogP contribution in [0.15, 0.2) is 41.4 Å². The predicted octanol–water partition coefficient (Wildman–Crippen LogP) is 3.49. The Hall–Kier alpha value is -1.89. The molecule has 126 valence electrons. The molecule has 0 aliphatic heterocycles. The van der Waals surface area contributed by atoms with Crippen LogP contribution in [0, 0.1) is 0 Å². The molecule has 1 aliphatic carbocycles. The molecule has 2 N–H and O–H groups in total. The highest BCUT2D eigenvalue weighted by molar-refractivity contribution is 7.89. The fourth-order valence-corrected chi connectivity index (χ4v) is 3.66. The van der Waals surface area contributed by atoms with Gasteiger partial charge in [0.25, 0.3) is 0 Å². The number of methoxy groups -OCH3 is 1. The number of rotatable bonds is 4. The number of nitrogens with two attached hydrogens (primary N) is 1. The zero-order valence-electron chi connectivity index (χ0n) is 13.1. The van der Waals surface area contributed by atoms with Gasteiger partial charge in [0.2, 0.25) is 10.0 Å². The lowest BCUT2D eigenvalue weighted by Gasteiger charge is -2.10. The number of primary sulfonamides is 1. The monoisotopic (exact) mass is 364 g/mol. The molecule has 1 aromatic heterocycles. The molecule has 2 aromatic rings. The third-order valence-electron chi connectivity index (χ3n) is 4.12. The van der Waals surface area contributed by atoms with E-state index in [1.807, 2.05) is 6.07 Å². The van der Waals surface area contributed by atoms with Gasteiger partial charge in [-0.3, -0.25) is 0 Å². The van der Waals surface area contributed by atoms with Gasteiger partial charge in [-0.2, -0.15) is 0 Å². The lowest BCUT2D eigenvalue weighted by atomic mass is 9.98. The minimum absolute atomic E-state index is 0.112. The number of benzene rings is 1. The minimum atomic E-state index is -3.68. The van der Waals surface area contributed by atoms with Gasteiger partial charge < -0.3 is 4.74 Å². The summed E-state index contributed by atoms with van der Waals surface area (Å²) in [6.07, 6.45) is 4.63. The highest BCUT2D eigenvalue weighted by Crippen LogP contribution is 2.41. The van der Waals surface area contributed by atoms with Crippen LogP contribution >= 0.6 is 11.6 Å². The van der Waals surface area contributed by atoms with Crippen LogP contribution < -0.4 is 9.88 Å². The molecule has 1 aliphatic rings. The van der Waals surface area contributed by atoms with Crippen LogP contribution in [-0.4, -0.2) is 20.5 Å². The van der Waals surface area contributed by atoms with E-state index in [0.29, 0.717) is 10.9 Å². The molecule has 0 radical (unpaired) electrons. The molecular formula is C17H17ClN2O3S. The number of pyridine rings is 1. The molecule has 3 rings (SSSR count). The molecule has 0 fully saturated rings. The Morgan fingerprint density at radius 2 is 1.75 bits per heavy atom. The van der Waals surface area contributed by atoms with E-state index < -0.39 is 10.0 Å². The number of nitrogens with zero attached hydrogens (tertiary/aromatic N) is 1. The van der Waals surface area contributed by atoms with Crippen LogP contribution in [0.5, 0.6) is 5.75 Å². The Balaban J connectivity index is 2.04. The van der Waals surface area contributed by atoms with E-state index in [9.17, 15) is 8.42 Å². The zero-order valence-corrected chi connectivity index (χ0v) is 14.7. The maximum Gasteiger partial charge on any atom is 0.238 e. The van der Waals surface area contributed by atoms with Crippen molar-refractivity contribution in [2.45, 2.75) is 24.2 Å².